The van der Waals surface area contributed by atoms with Crippen molar-refractivity contribution in [2.45, 2.75) is 102 Å². The van der Waals surface area contributed by atoms with Crippen molar-refractivity contribution in [2.75, 3.05) is 6.54 Å². The molecule has 5 saturated carbocycles. The van der Waals surface area contributed by atoms with Crippen LogP contribution in [0, 0.1) is 29.1 Å². The first-order valence-electron chi connectivity index (χ1n) is 11.7. The Morgan fingerprint density at radius 1 is 1.14 bits per heavy atom. The minimum absolute atomic E-state index is 0.0954. The van der Waals surface area contributed by atoms with Gasteiger partial charge in [-0.15, -0.1) is 0 Å². The van der Waals surface area contributed by atoms with Crippen LogP contribution in [0.1, 0.15) is 85.0 Å². The first-order chi connectivity index (χ1) is 13.6. The van der Waals surface area contributed by atoms with Crippen LogP contribution in [0.2, 0.25) is 0 Å². The predicted molar refractivity (Wildman–Crippen MR) is 108 cm³/mol. The third-order valence-electron chi connectivity index (χ3n) is 8.49. The average Bonchev–Trinajstić information content (AvgIpc) is 3.01. The minimum atomic E-state index is -0.605. The summed E-state index contributed by atoms with van der Waals surface area (Å²) in [6.07, 6.45) is 10.6. The zero-order valence-electron chi connectivity index (χ0n) is 18.3. The Morgan fingerprint density at radius 2 is 1.86 bits per heavy atom. The molecule has 6 fully saturated rings. The van der Waals surface area contributed by atoms with Gasteiger partial charge in [-0.1, -0.05) is 6.92 Å². The lowest BCUT2D eigenvalue weighted by molar-refractivity contribution is -0.389. The van der Waals surface area contributed by atoms with Crippen LogP contribution < -0.4 is 11.1 Å². The van der Waals surface area contributed by atoms with Crippen molar-refractivity contribution in [3.63, 3.8) is 0 Å². The molecule has 5 aliphatic carbocycles. The molecule has 3 bridgehead atoms. The molecule has 6 aliphatic rings. The summed E-state index contributed by atoms with van der Waals surface area (Å²) in [4.78, 5) is 24.4. The standard InChI is InChI=1S/C23H38N2O4/c1-15-10-21-11-17(12-21)8-18(13-21)23(15)27-22(28-29-23)6-4-16(5-7-22)9-19(26)25-14-20(2,3)24/h15-18H,4-14,24H2,1-3H3,(H,25,26). The number of nitrogens with two attached hydrogens (primary N) is 1. The van der Waals surface area contributed by atoms with Gasteiger partial charge >= 0.3 is 0 Å². The Labute approximate surface area is 174 Å². The molecule has 6 heteroatoms. The van der Waals surface area contributed by atoms with E-state index in [1.165, 1.54) is 32.1 Å². The van der Waals surface area contributed by atoms with Gasteiger partial charge in [-0.3, -0.25) is 4.79 Å². The number of hydrogen-bond acceptors (Lipinski definition) is 5. The lowest BCUT2D eigenvalue weighted by Crippen LogP contribution is -2.61. The lowest BCUT2D eigenvalue weighted by atomic mass is 9.44. The molecule has 0 aromatic rings. The van der Waals surface area contributed by atoms with E-state index in [-0.39, 0.29) is 11.4 Å². The van der Waals surface area contributed by atoms with Crippen LogP contribution in [0.15, 0.2) is 0 Å². The second kappa shape index (κ2) is 6.65. The summed E-state index contributed by atoms with van der Waals surface area (Å²) in [5.74, 6) is 1.05. The van der Waals surface area contributed by atoms with Gasteiger partial charge in [0.25, 0.3) is 0 Å². The molecular formula is C23H38N2O4. The van der Waals surface area contributed by atoms with E-state index >= 15 is 0 Å². The Balaban J connectivity index is 1.17. The Hall–Kier alpha value is -0.690. The van der Waals surface area contributed by atoms with E-state index in [9.17, 15) is 4.79 Å². The van der Waals surface area contributed by atoms with E-state index in [1.54, 1.807) is 0 Å². The fourth-order valence-corrected chi connectivity index (χ4v) is 7.22. The third kappa shape index (κ3) is 3.54. The molecule has 29 heavy (non-hydrogen) atoms. The lowest BCUT2D eigenvalue weighted by Gasteiger charge is -2.63. The summed E-state index contributed by atoms with van der Waals surface area (Å²) < 4.78 is 6.77. The maximum atomic E-state index is 12.3. The van der Waals surface area contributed by atoms with Gasteiger partial charge in [0, 0.05) is 43.2 Å². The number of amides is 1. The second-order valence-corrected chi connectivity index (χ2v) is 11.8. The van der Waals surface area contributed by atoms with Crippen molar-refractivity contribution in [1.29, 1.82) is 0 Å². The van der Waals surface area contributed by atoms with Crippen LogP contribution in [-0.4, -0.2) is 29.6 Å². The molecule has 3 atom stereocenters. The summed E-state index contributed by atoms with van der Waals surface area (Å²) in [7, 11) is 0. The Kier molecular flexibility index (Phi) is 4.64. The number of nitrogens with one attached hydrogen (secondary N) is 1. The molecule has 0 radical (unpaired) electrons. The molecule has 0 aromatic heterocycles. The number of rotatable bonds is 4. The minimum Gasteiger partial charge on any atom is -0.354 e. The Morgan fingerprint density at radius 3 is 2.55 bits per heavy atom. The molecule has 1 heterocycles. The van der Waals surface area contributed by atoms with Crippen LogP contribution in [0.5, 0.6) is 0 Å². The molecule has 3 spiro atoms. The summed E-state index contributed by atoms with van der Waals surface area (Å²) in [6.45, 7) is 6.65. The average molecular weight is 407 g/mol. The largest absolute Gasteiger partial charge is 0.354 e. The molecule has 1 amide bonds. The molecule has 164 valence electrons. The van der Waals surface area contributed by atoms with Crippen molar-refractivity contribution >= 4 is 5.91 Å². The van der Waals surface area contributed by atoms with Crippen LogP contribution in [-0.2, 0) is 19.3 Å². The predicted octanol–water partition coefficient (Wildman–Crippen LogP) is 3.64. The molecule has 1 saturated heterocycles. The number of carbonyl (C=O) groups is 1. The highest BCUT2D eigenvalue weighted by atomic mass is 17.3. The topological polar surface area (TPSA) is 82.8 Å². The maximum absolute atomic E-state index is 12.3. The van der Waals surface area contributed by atoms with E-state index in [0.29, 0.717) is 36.1 Å². The van der Waals surface area contributed by atoms with Crippen molar-refractivity contribution in [2.24, 2.45) is 34.8 Å². The molecule has 0 aromatic carbocycles. The van der Waals surface area contributed by atoms with Crippen LogP contribution in [0.25, 0.3) is 0 Å². The van der Waals surface area contributed by atoms with Crippen LogP contribution in [0.3, 0.4) is 0 Å². The van der Waals surface area contributed by atoms with Crippen molar-refractivity contribution in [3.8, 4) is 0 Å². The van der Waals surface area contributed by atoms with Gasteiger partial charge in [0.1, 0.15) is 0 Å². The van der Waals surface area contributed by atoms with E-state index in [2.05, 4.69) is 12.2 Å². The zero-order chi connectivity index (χ0) is 20.5. The summed E-state index contributed by atoms with van der Waals surface area (Å²) in [5.41, 5.74) is 6.16. The SMILES string of the molecule is CC1CC23CC(CC(C2)C12OOC1(CCC(CC(=O)NCC(C)(C)N)CC1)O2)C3. The zero-order valence-corrected chi connectivity index (χ0v) is 18.3. The summed E-state index contributed by atoms with van der Waals surface area (Å²) >= 11 is 0. The fraction of sp³-hybridized carbons (Fsp3) is 0.957. The van der Waals surface area contributed by atoms with Crippen LogP contribution in [0.4, 0.5) is 0 Å². The second-order valence-electron chi connectivity index (χ2n) is 11.8. The smallest absolute Gasteiger partial charge is 0.220 e. The number of ether oxygens (including phenoxy) is 1. The quantitative estimate of drug-likeness (QED) is 0.697. The first kappa shape index (κ1) is 20.2. The molecule has 3 N–H and O–H groups in total. The molecule has 6 rings (SSSR count). The highest BCUT2D eigenvalue weighted by molar-refractivity contribution is 5.76. The highest BCUT2D eigenvalue weighted by Crippen LogP contribution is 2.69. The molecule has 1 aliphatic heterocycles. The number of hydrogen-bond donors (Lipinski definition) is 2. The van der Waals surface area contributed by atoms with Gasteiger partial charge < -0.3 is 15.8 Å². The fourth-order valence-electron chi connectivity index (χ4n) is 7.22. The first-order valence-corrected chi connectivity index (χ1v) is 11.7. The molecular weight excluding hydrogens is 368 g/mol. The normalized spacial score (nSPS) is 48.6. The van der Waals surface area contributed by atoms with Gasteiger partial charge in [0.15, 0.2) is 0 Å². The van der Waals surface area contributed by atoms with Crippen LogP contribution >= 0.6 is 0 Å². The van der Waals surface area contributed by atoms with Crippen molar-refractivity contribution in [1.82, 2.24) is 5.32 Å². The van der Waals surface area contributed by atoms with Gasteiger partial charge in [-0.05, 0) is 76.0 Å². The van der Waals surface area contributed by atoms with E-state index < -0.39 is 11.6 Å². The van der Waals surface area contributed by atoms with Gasteiger partial charge in [0.05, 0.1) is 0 Å². The van der Waals surface area contributed by atoms with E-state index in [0.717, 1.165) is 31.6 Å². The van der Waals surface area contributed by atoms with Gasteiger partial charge in [-0.25, -0.2) is 0 Å². The van der Waals surface area contributed by atoms with Crippen molar-refractivity contribution in [3.05, 3.63) is 0 Å². The van der Waals surface area contributed by atoms with Crippen molar-refractivity contribution < 1.29 is 19.3 Å². The third-order valence-corrected chi connectivity index (χ3v) is 8.49. The molecule has 6 nitrogen and oxygen atoms in total. The highest BCUT2D eigenvalue weighted by Gasteiger charge is 2.68. The monoisotopic (exact) mass is 406 g/mol. The number of carbonyl (C=O) groups excluding carboxylic acids is 1. The van der Waals surface area contributed by atoms with E-state index in [4.69, 9.17) is 20.2 Å². The summed E-state index contributed by atoms with van der Waals surface area (Å²) in [6, 6.07) is 0. The molecule has 3 unspecified atom stereocenters. The van der Waals surface area contributed by atoms with Gasteiger partial charge in [-0.2, -0.15) is 9.78 Å². The summed E-state index contributed by atoms with van der Waals surface area (Å²) in [5, 5.41) is 2.96. The maximum Gasteiger partial charge on any atom is 0.220 e. The van der Waals surface area contributed by atoms with Gasteiger partial charge in [0.2, 0.25) is 17.5 Å². The van der Waals surface area contributed by atoms with E-state index in [1.807, 2.05) is 13.8 Å². The Bertz CT molecular complexity index is 656.